The molecule has 1 fully saturated rings. The number of nitrogens with zero attached hydrogens (tertiary/aromatic N) is 1. The molecule has 1 saturated heterocycles. The molecule has 1 aliphatic rings. The number of aromatic nitrogens is 1. The topological polar surface area (TPSA) is 42.5 Å². The number of pyridine rings is 1. The van der Waals surface area contributed by atoms with E-state index >= 15 is 0 Å². The lowest BCUT2D eigenvalue weighted by Gasteiger charge is -1.96. The van der Waals surface area contributed by atoms with Crippen LogP contribution in [-0.2, 0) is 4.74 Å². The smallest absolute Gasteiger partial charge is 0.212 e. The van der Waals surface area contributed by atoms with Crippen molar-refractivity contribution in [3.63, 3.8) is 0 Å². The molecule has 3 rings (SSSR count). The van der Waals surface area contributed by atoms with Gasteiger partial charge in [0.2, 0.25) is 5.78 Å². The molecule has 0 saturated carbocycles. The summed E-state index contributed by atoms with van der Waals surface area (Å²) in [5.41, 5.74) is 1.51. The van der Waals surface area contributed by atoms with Crippen LogP contribution in [0.5, 0.6) is 0 Å². The van der Waals surface area contributed by atoms with Crippen molar-refractivity contribution >= 4 is 5.78 Å². The lowest BCUT2D eigenvalue weighted by Crippen LogP contribution is -2.09. The van der Waals surface area contributed by atoms with Crippen molar-refractivity contribution in [1.29, 1.82) is 0 Å². The standard InChI is InChI=1S/C14H11NO2/c16-12(11-8-4-5-9-15-11)14-13(17-14)10-6-2-1-3-7-10/h1-9,13-14H/t13-,14-/m0/s1. The lowest BCUT2D eigenvalue weighted by molar-refractivity contribution is 0.0949. The third-order valence-electron chi connectivity index (χ3n) is 2.80. The van der Waals surface area contributed by atoms with Crippen LogP contribution in [0.3, 0.4) is 0 Å². The number of hydrogen-bond donors (Lipinski definition) is 0. The molecule has 2 atom stereocenters. The fourth-order valence-corrected chi connectivity index (χ4v) is 1.86. The Morgan fingerprint density at radius 3 is 2.53 bits per heavy atom. The molecule has 1 aromatic heterocycles. The Bertz CT molecular complexity index is 524. The van der Waals surface area contributed by atoms with E-state index < -0.39 is 0 Å². The van der Waals surface area contributed by atoms with Crippen LogP contribution in [0.1, 0.15) is 22.2 Å². The maximum Gasteiger partial charge on any atom is 0.212 e. The Morgan fingerprint density at radius 1 is 1.06 bits per heavy atom. The van der Waals surface area contributed by atoms with Crippen molar-refractivity contribution in [2.75, 3.05) is 0 Å². The second-order valence-corrected chi connectivity index (χ2v) is 3.97. The van der Waals surface area contributed by atoms with Crippen molar-refractivity contribution in [2.24, 2.45) is 0 Å². The van der Waals surface area contributed by atoms with Gasteiger partial charge < -0.3 is 4.74 Å². The second kappa shape index (κ2) is 4.11. The highest BCUT2D eigenvalue weighted by atomic mass is 16.6. The SMILES string of the molecule is O=C(c1ccccn1)[C@@H]1O[C@H]1c1ccccc1. The zero-order valence-corrected chi connectivity index (χ0v) is 9.11. The molecular weight excluding hydrogens is 214 g/mol. The van der Waals surface area contributed by atoms with Crippen LogP contribution in [0.4, 0.5) is 0 Å². The van der Waals surface area contributed by atoms with Crippen LogP contribution in [0, 0.1) is 0 Å². The van der Waals surface area contributed by atoms with E-state index in [0.717, 1.165) is 5.56 Å². The highest BCUT2D eigenvalue weighted by Gasteiger charge is 2.46. The quantitative estimate of drug-likeness (QED) is 0.595. The molecule has 17 heavy (non-hydrogen) atoms. The van der Waals surface area contributed by atoms with Gasteiger partial charge in [0, 0.05) is 6.20 Å². The first-order valence-corrected chi connectivity index (χ1v) is 5.52. The van der Waals surface area contributed by atoms with E-state index in [-0.39, 0.29) is 18.0 Å². The Morgan fingerprint density at radius 2 is 1.82 bits per heavy atom. The molecule has 0 N–H and O–H groups in total. The number of carbonyl (C=O) groups is 1. The van der Waals surface area contributed by atoms with Crippen molar-refractivity contribution in [3.8, 4) is 0 Å². The van der Waals surface area contributed by atoms with Gasteiger partial charge in [-0.15, -0.1) is 0 Å². The Kier molecular flexibility index (Phi) is 2.46. The van der Waals surface area contributed by atoms with Gasteiger partial charge in [-0.05, 0) is 17.7 Å². The minimum Gasteiger partial charge on any atom is -0.356 e. The van der Waals surface area contributed by atoms with E-state index in [4.69, 9.17) is 4.74 Å². The predicted octanol–water partition coefficient (Wildman–Crippen LogP) is 2.40. The summed E-state index contributed by atoms with van der Waals surface area (Å²) in [6.07, 6.45) is 1.14. The van der Waals surface area contributed by atoms with Gasteiger partial charge in [-0.25, -0.2) is 0 Å². The van der Waals surface area contributed by atoms with Crippen molar-refractivity contribution in [3.05, 3.63) is 66.0 Å². The Balaban J connectivity index is 1.76. The fraction of sp³-hybridized carbons (Fsp3) is 0.143. The van der Waals surface area contributed by atoms with Gasteiger partial charge in [-0.2, -0.15) is 0 Å². The number of Topliss-reactive ketones (excluding diaryl/α,β-unsaturated/α-hetero) is 1. The number of hydrogen-bond acceptors (Lipinski definition) is 3. The first kappa shape index (κ1) is 10.2. The van der Waals surface area contributed by atoms with Gasteiger partial charge >= 0.3 is 0 Å². The minimum absolute atomic E-state index is 0.0422. The molecule has 0 bridgehead atoms. The molecule has 0 unspecified atom stereocenters. The van der Waals surface area contributed by atoms with Crippen molar-refractivity contribution < 1.29 is 9.53 Å². The molecule has 1 aromatic carbocycles. The highest BCUT2D eigenvalue weighted by molar-refractivity contribution is 5.99. The molecule has 0 amide bonds. The van der Waals surface area contributed by atoms with E-state index in [0.29, 0.717) is 5.69 Å². The van der Waals surface area contributed by atoms with Gasteiger partial charge in [0.15, 0.2) is 6.10 Å². The largest absolute Gasteiger partial charge is 0.356 e. The monoisotopic (exact) mass is 225 g/mol. The van der Waals surface area contributed by atoms with Crippen LogP contribution in [0.25, 0.3) is 0 Å². The summed E-state index contributed by atoms with van der Waals surface area (Å²) in [6, 6.07) is 15.1. The number of benzene rings is 1. The highest BCUT2D eigenvalue weighted by Crippen LogP contribution is 2.40. The van der Waals surface area contributed by atoms with Crippen LogP contribution < -0.4 is 0 Å². The molecule has 1 aliphatic heterocycles. The summed E-state index contributed by atoms with van der Waals surface area (Å²) in [7, 11) is 0. The third kappa shape index (κ3) is 1.97. The normalized spacial score (nSPS) is 22.1. The summed E-state index contributed by atoms with van der Waals surface area (Å²) in [5.74, 6) is -0.0422. The van der Waals surface area contributed by atoms with E-state index in [2.05, 4.69) is 4.98 Å². The summed E-state index contributed by atoms with van der Waals surface area (Å²) in [4.78, 5) is 16.0. The summed E-state index contributed by atoms with van der Waals surface area (Å²) in [6.45, 7) is 0. The maximum absolute atomic E-state index is 12.0. The van der Waals surface area contributed by atoms with Crippen molar-refractivity contribution in [2.45, 2.75) is 12.2 Å². The number of ether oxygens (including phenoxy) is 1. The van der Waals surface area contributed by atoms with Crippen LogP contribution in [0.15, 0.2) is 54.7 Å². The minimum atomic E-state index is -0.368. The zero-order valence-electron chi connectivity index (χ0n) is 9.11. The number of epoxide rings is 1. The molecule has 3 heteroatoms. The molecule has 2 aromatic rings. The van der Waals surface area contributed by atoms with Gasteiger partial charge in [0.1, 0.15) is 11.8 Å². The predicted molar refractivity (Wildman–Crippen MR) is 62.6 cm³/mol. The van der Waals surface area contributed by atoms with E-state index in [1.807, 2.05) is 30.3 Å². The van der Waals surface area contributed by atoms with Crippen molar-refractivity contribution in [1.82, 2.24) is 4.98 Å². The molecule has 0 spiro atoms. The molecule has 0 radical (unpaired) electrons. The Labute approximate surface area is 99.1 Å². The average Bonchev–Trinajstić information content (AvgIpc) is 3.20. The first-order chi connectivity index (χ1) is 8.36. The van der Waals surface area contributed by atoms with Crippen LogP contribution in [-0.4, -0.2) is 16.9 Å². The Hall–Kier alpha value is -2.00. The first-order valence-electron chi connectivity index (χ1n) is 5.52. The maximum atomic E-state index is 12.0. The number of carbonyl (C=O) groups excluding carboxylic acids is 1. The van der Waals surface area contributed by atoms with Gasteiger partial charge in [-0.1, -0.05) is 36.4 Å². The lowest BCUT2D eigenvalue weighted by atomic mass is 10.1. The molecule has 3 nitrogen and oxygen atoms in total. The second-order valence-electron chi connectivity index (χ2n) is 3.97. The van der Waals surface area contributed by atoms with Gasteiger partial charge in [-0.3, -0.25) is 9.78 Å². The zero-order chi connectivity index (χ0) is 11.7. The summed E-state index contributed by atoms with van der Waals surface area (Å²) in [5, 5.41) is 0. The third-order valence-corrected chi connectivity index (χ3v) is 2.80. The molecule has 84 valence electrons. The molecular formula is C14H11NO2. The number of rotatable bonds is 3. The fourth-order valence-electron chi connectivity index (χ4n) is 1.86. The van der Waals surface area contributed by atoms with Gasteiger partial charge in [0.05, 0.1) is 0 Å². The number of ketones is 1. The molecule has 0 aliphatic carbocycles. The van der Waals surface area contributed by atoms with Gasteiger partial charge in [0.25, 0.3) is 0 Å². The van der Waals surface area contributed by atoms with Crippen LogP contribution in [0.2, 0.25) is 0 Å². The average molecular weight is 225 g/mol. The van der Waals surface area contributed by atoms with E-state index in [9.17, 15) is 4.79 Å². The summed E-state index contributed by atoms with van der Waals surface area (Å²) >= 11 is 0. The van der Waals surface area contributed by atoms with E-state index in [1.165, 1.54) is 0 Å². The van der Waals surface area contributed by atoms with E-state index in [1.54, 1.807) is 24.4 Å². The summed E-state index contributed by atoms with van der Waals surface area (Å²) < 4.78 is 5.43. The van der Waals surface area contributed by atoms with Crippen LogP contribution >= 0.6 is 0 Å². The molecule has 2 heterocycles.